The van der Waals surface area contributed by atoms with Gasteiger partial charge in [0.2, 0.25) is 5.91 Å². The predicted molar refractivity (Wildman–Crippen MR) is 107 cm³/mol. The van der Waals surface area contributed by atoms with Gasteiger partial charge in [-0.05, 0) is 38.3 Å². The molecule has 1 fully saturated rings. The van der Waals surface area contributed by atoms with Crippen LogP contribution in [0.2, 0.25) is 0 Å². The third-order valence-corrected chi connectivity index (χ3v) is 5.74. The second kappa shape index (κ2) is 6.64. The zero-order valence-corrected chi connectivity index (χ0v) is 15.8. The summed E-state index contributed by atoms with van der Waals surface area (Å²) in [6.07, 6.45) is 2.51. The van der Waals surface area contributed by atoms with Gasteiger partial charge in [-0.25, -0.2) is 0 Å². The summed E-state index contributed by atoms with van der Waals surface area (Å²) in [7, 11) is 0. The van der Waals surface area contributed by atoms with Crippen molar-refractivity contribution in [3.8, 4) is 11.3 Å². The molecular formula is C23H26N2O. The minimum Gasteiger partial charge on any atom is -0.354 e. The molecule has 1 aromatic heterocycles. The monoisotopic (exact) mass is 346 g/mol. The molecule has 4 rings (SSSR count). The van der Waals surface area contributed by atoms with Crippen molar-refractivity contribution in [2.75, 3.05) is 0 Å². The average molecular weight is 346 g/mol. The van der Waals surface area contributed by atoms with E-state index in [4.69, 9.17) is 0 Å². The number of carbonyl (C=O) groups is 1. The van der Waals surface area contributed by atoms with Gasteiger partial charge in [-0.1, -0.05) is 55.0 Å². The van der Waals surface area contributed by atoms with Crippen molar-refractivity contribution >= 4 is 16.8 Å². The SMILES string of the molecule is CCC(C)N1C(=O)CCC1c1c(-c2ccc(C)cc2)[nH]c2ccccc12. The molecule has 2 atom stereocenters. The molecule has 0 bridgehead atoms. The summed E-state index contributed by atoms with van der Waals surface area (Å²) in [6, 6.07) is 17.5. The van der Waals surface area contributed by atoms with Crippen molar-refractivity contribution < 1.29 is 4.79 Å². The largest absolute Gasteiger partial charge is 0.354 e. The summed E-state index contributed by atoms with van der Waals surface area (Å²) in [4.78, 5) is 18.4. The maximum absolute atomic E-state index is 12.6. The van der Waals surface area contributed by atoms with Gasteiger partial charge in [0.05, 0.1) is 11.7 Å². The Kier molecular flexibility index (Phi) is 4.31. The first-order valence-corrected chi connectivity index (χ1v) is 9.59. The summed E-state index contributed by atoms with van der Waals surface area (Å²) in [6.45, 7) is 6.43. The van der Waals surface area contributed by atoms with Gasteiger partial charge in [0.1, 0.15) is 0 Å². The van der Waals surface area contributed by atoms with E-state index in [1.54, 1.807) is 0 Å². The average Bonchev–Trinajstić information content (AvgIpc) is 3.22. The summed E-state index contributed by atoms with van der Waals surface area (Å²) >= 11 is 0. The van der Waals surface area contributed by atoms with Crippen molar-refractivity contribution in [2.45, 2.75) is 52.1 Å². The quantitative estimate of drug-likeness (QED) is 0.655. The van der Waals surface area contributed by atoms with Gasteiger partial charge in [-0.2, -0.15) is 0 Å². The number of para-hydroxylation sites is 1. The molecule has 0 radical (unpaired) electrons. The van der Waals surface area contributed by atoms with Crippen LogP contribution in [0.4, 0.5) is 0 Å². The molecule has 1 N–H and O–H groups in total. The predicted octanol–water partition coefficient (Wildman–Crippen LogP) is 5.61. The van der Waals surface area contributed by atoms with Crippen LogP contribution in [0.15, 0.2) is 48.5 Å². The van der Waals surface area contributed by atoms with Gasteiger partial charge in [0.15, 0.2) is 0 Å². The lowest BCUT2D eigenvalue weighted by atomic mass is 9.96. The number of hydrogen-bond acceptors (Lipinski definition) is 1. The number of nitrogens with zero attached hydrogens (tertiary/aromatic N) is 1. The number of amides is 1. The van der Waals surface area contributed by atoms with E-state index in [1.807, 2.05) is 0 Å². The Labute approximate surface area is 155 Å². The number of rotatable bonds is 4. The van der Waals surface area contributed by atoms with E-state index in [-0.39, 0.29) is 18.0 Å². The van der Waals surface area contributed by atoms with E-state index in [0.29, 0.717) is 6.42 Å². The van der Waals surface area contributed by atoms with E-state index in [1.165, 1.54) is 22.1 Å². The fraction of sp³-hybridized carbons (Fsp3) is 0.348. The Morgan fingerprint density at radius 2 is 1.88 bits per heavy atom. The number of fused-ring (bicyclic) bond motifs is 1. The molecule has 2 aromatic carbocycles. The van der Waals surface area contributed by atoms with E-state index >= 15 is 0 Å². The first-order chi connectivity index (χ1) is 12.6. The molecular weight excluding hydrogens is 320 g/mol. The minimum atomic E-state index is 0.143. The number of hydrogen-bond donors (Lipinski definition) is 1. The Hall–Kier alpha value is -2.55. The van der Waals surface area contributed by atoms with E-state index < -0.39 is 0 Å². The van der Waals surface area contributed by atoms with E-state index in [9.17, 15) is 4.79 Å². The highest BCUT2D eigenvalue weighted by molar-refractivity contribution is 5.92. The van der Waals surface area contributed by atoms with Crippen LogP contribution in [0.1, 0.15) is 50.3 Å². The van der Waals surface area contributed by atoms with Crippen LogP contribution < -0.4 is 0 Å². The molecule has 26 heavy (non-hydrogen) atoms. The Morgan fingerprint density at radius 3 is 2.62 bits per heavy atom. The van der Waals surface area contributed by atoms with Gasteiger partial charge in [0.25, 0.3) is 0 Å². The molecule has 3 aromatic rings. The highest BCUT2D eigenvalue weighted by Gasteiger charge is 2.37. The lowest BCUT2D eigenvalue weighted by molar-refractivity contribution is -0.131. The summed E-state index contributed by atoms with van der Waals surface area (Å²) < 4.78 is 0. The van der Waals surface area contributed by atoms with Gasteiger partial charge >= 0.3 is 0 Å². The normalized spacial score (nSPS) is 18.7. The molecule has 1 aliphatic rings. The second-order valence-corrected chi connectivity index (χ2v) is 7.44. The highest BCUT2D eigenvalue weighted by Crippen LogP contribution is 2.43. The van der Waals surface area contributed by atoms with Crippen LogP contribution in [0.3, 0.4) is 0 Å². The maximum Gasteiger partial charge on any atom is 0.223 e. The number of aromatic nitrogens is 1. The topological polar surface area (TPSA) is 36.1 Å². The van der Waals surface area contributed by atoms with Crippen LogP contribution in [0.5, 0.6) is 0 Å². The Balaban J connectivity index is 1.92. The van der Waals surface area contributed by atoms with Crippen molar-refractivity contribution in [1.82, 2.24) is 9.88 Å². The van der Waals surface area contributed by atoms with Crippen molar-refractivity contribution in [1.29, 1.82) is 0 Å². The summed E-state index contributed by atoms with van der Waals surface area (Å²) in [5.74, 6) is 0.282. The smallest absolute Gasteiger partial charge is 0.223 e. The van der Waals surface area contributed by atoms with Crippen LogP contribution in [-0.2, 0) is 4.79 Å². The fourth-order valence-corrected chi connectivity index (χ4v) is 4.19. The molecule has 2 unspecified atom stereocenters. The lowest BCUT2D eigenvalue weighted by Crippen LogP contribution is -2.35. The molecule has 1 amide bonds. The van der Waals surface area contributed by atoms with Crippen molar-refractivity contribution in [2.24, 2.45) is 0 Å². The van der Waals surface area contributed by atoms with Gasteiger partial charge in [-0.15, -0.1) is 0 Å². The molecule has 1 aliphatic heterocycles. The number of H-pyrrole nitrogens is 1. The number of benzene rings is 2. The van der Waals surface area contributed by atoms with Crippen LogP contribution in [0, 0.1) is 6.92 Å². The highest BCUT2D eigenvalue weighted by atomic mass is 16.2. The first-order valence-electron chi connectivity index (χ1n) is 9.59. The third-order valence-electron chi connectivity index (χ3n) is 5.74. The molecule has 134 valence electrons. The number of carbonyl (C=O) groups excluding carboxylic acids is 1. The number of nitrogens with one attached hydrogen (secondary N) is 1. The number of aryl methyl sites for hydroxylation is 1. The zero-order valence-electron chi connectivity index (χ0n) is 15.8. The van der Waals surface area contributed by atoms with E-state index in [2.05, 4.69) is 79.2 Å². The molecule has 1 saturated heterocycles. The maximum atomic E-state index is 12.6. The molecule has 2 heterocycles. The molecule has 3 heteroatoms. The second-order valence-electron chi connectivity index (χ2n) is 7.44. The standard InChI is InChI=1S/C23H26N2O/c1-4-16(3)25-20(13-14-21(25)26)22-18-7-5-6-8-19(18)24-23(22)17-11-9-15(2)10-12-17/h5-12,16,20,24H,4,13-14H2,1-3H3. The van der Waals surface area contributed by atoms with Crippen LogP contribution in [-0.4, -0.2) is 21.8 Å². The van der Waals surface area contributed by atoms with Crippen molar-refractivity contribution in [3.63, 3.8) is 0 Å². The Bertz CT molecular complexity index is 939. The molecule has 3 nitrogen and oxygen atoms in total. The van der Waals surface area contributed by atoms with Crippen LogP contribution in [0.25, 0.3) is 22.2 Å². The lowest BCUT2D eigenvalue weighted by Gasteiger charge is -2.31. The summed E-state index contributed by atoms with van der Waals surface area (Å²) in [5, 5.41) is 1.23. The Morgan fingerprint density at radius 1 is 1.15 bits per heavy atom. The van der Waals surface area contributed by atoms with E-state index in [0.717, 1.165) is 24.1 Å². The van der Waals surface area contributed by atoms with Crippen molar-refractivity contribution in [3.05, 3.63) is 59.7 Å². The molecule has 0 aliphatic carbocycles. The number of likely N-dealkylation sites (tertiary alicyclic amines) is 1. The molecule has 0 spiro atoms. The minimum absolute atomic E-state index is 0.143. The molecule has 0 saturated carbocycles. The zero-order chi connectivity index (χ0) is 18.3. The fourth-order valence-electron chi connectivity index (χ4n) is 4.19. The third kappa shape index (κ3) is 2.72. The summed E-state index contributed by atoms with van der Waals surface area (Å²) in [5.41, 5.74) is 6.00. The van der Waals surface area contributed by atoms with Gasteiger partial charge in [-0.3, -0.25) is 4.79 Å². The van der Waals surface area contributed by atoms with Gasteiger partial charge in [0, 0.05) is 28.9 Å². The van der Waals surface area contributed by atoms with Crippen LogP contribution >= 0.6 is 0 Å². The first kappa shape index (κ1) is 16.9. The number of aromatic amines is 1. The van der Waals surface area contributed by atoms with Gasteiger partial charge < -0.3 is 9.88 Å².